The van der Waals surface area contributed by atoms with Crippen LogP contribution in [0.1, 0.15) is 5.69 Å². The summed E-state index contributed by atoms with van der Waals surface area (Å²) < 4.78 is 18.3. The first-order valence-corrected chi connectivity index (χ1v) is 6.11. The molecule has 92 valence electrons. The molecule has 0 fully saturated rings. The van der Waals surface area contributed by atoms with Crippen LogP contribution in [0.25, 0.3) is 6.08 Å². The van der Waals surface area contributed by atoms with Gasteiger partial charge in [-0.1, -0.05) is 11.8 Å². The molecule has 0 aliphatic heterocycles. The molecule has 0 aromatic carbocycles. The fourth-order valence-corrected chi connectivity index (χ4v) is 1.84. The third kappa shape index (κ3) is 3.30. The van der Waals surface area contributed by atoms with Crippen molar-refractivity contribution in [3.8, 4) is 5.75 Å². The molecule has 2 rings (SSSR count). The summed E-state index contributed by atoms with van der Waals surface area (Å²) in [5.41, 5.74) is 0.318. The molecule has 0 aliphatic carbocycles. The molecule has 0 amide bonds. The van der Waals surface area contributed by atoms with Crippen LogP contribution in [0.15, 0.2) is 47.1 Å². The Morgan fingerprint density at radius 2 is 2.17 bits per heavy atom. The highest BCUT2D eigenvalue weighted by atomic mass is 32.2. The molecule has 2 aromatic heterocycles. The van der Waals surface area contributed by atoms with Gasteiger partial charge in [0.25, 0.3) is 0 Å². The number of nitrogens with zero attached hydrogens (tertiary/aromatic N) is 2. The highest BCUT2D eigenvalue weighted by Gasteiger charge is 1.98. The van der Waals surface area contributed by atoms with E-state index in [1.54, 1.807) is 37.1 Å². The van der Waals surface area contributed by atoms with Crippen molar-refractivity contribution < 1.29 is 9.13 Å². The van der Waals surface area contributed by atoms with Gasteiger partial charge in [0, 0.05) is 6.20 Å². The minimum Gasteiger partial charge on any atom is -0.495 e. The summed E-state index contributed by atoms with van der Waals surface area (Å²) in [6, 6.07) is 6.60. The lowest BCUT2D eigenvalue weighted by Gasteiger charge is -1.99. The molecule has 0 unspecified atom stereocenters. The number of methoxy groups -OCH3 is 1. The fourth-order valence-electron chi connectivity index (χ4n) is 1.25. The van der Waals surface area contributed by atoms with Crippen LogP contribution in [0, 0.1) is 5.82 Å². The van der Waals surface area contributed by atoms with Crippen LogP contribution in [-0.2, 0) is 0 Å². The maximum atomic E-state index is 13.3. The number of rotatable bonds is 4. The van der Waals surface area contributed by atoms with E-state index in [-0.39, 0.29) is 5.82 Å². The van der Waals surface area contributed by atoms with E-state index in [2.05, 4.69) is 9.97 Å². The third-order valence-electron chi connectivity index (χ3n) is 2.15. The Morgan fingerprint density at radius 1 is 1.28 bits per heavy atom. The van der Waals surface area contributed by atoms with E-state index in [9.17, 15) is 4.39 Å². The molecule has 0 atom stereocenters. The Balaban J connectivity index is 2.00. The molecule has 0 saturated carbocycles. The van der Waals surface area contributed by atoms with Crippen molar-refractivity contribution in [1.82, 2.24) is 9.97 Å². The Morgan fingerprint density at radius 3 is 2.83 bits per heavy atom. The Bertz CT molecular complexity index is 543. The molecule has 2 heterocycles. The largest absolute Gasteiger partial charge is 0.495 e. The van der Waals surface area contributed by atoms with Crippen molar-refractivity contribution in [3.05, 3.63) is 53.6 Å². The van der Waals surface area contributed by atoms with Gasteiger partial charge < -0.3 is 4.74 Å². The second-order valence-corrected chi connectivity index (χ2v) is 4.25. The van der Waals surface area contributed by atoms with Gasteiger partial charge in [-0.25, -0.2) is 9.37 Å². The van der Waals surface area contributed by atoms with Crippen LogP contribution in [0.4, 0.5) is 4.39 Å². The monoisotopic (exact) mass is 262 g/mol. The van der Waals surface area contributed by atoms with Gasteiger partial charge in [0.1, 0.15) is 16.6 Å². The van der Waals surface area contributed by atoms with E-state index in [0.717, 1.165) is 5.03 Å². The van der Waals surface area contributed by atoms with E-state index in [4.69, 9.17) is 4.74 Å². The molecule has 0 N–H and O–H groups in total. The molecular formula is C13H11FN2OS. The minimum absolute atomic E-state index is 0.318. The van der Waals surface area contributed by atoms with Gasteiger partial charge in [-0.2, -0.15) is 0 Å². The maximum absolute atomic E-state index is 13.3. The first-order valence-electron chi connectivity index (χ1n) is 5.23. The second-order valence-electron chi connectivity index (χ2n) is 3.33. The van der Waals surface area contributed by atoms with E-state index in [0.29, 0.717) is 11.4 Å². The van der Waals surface area contributed by atoms with E-state index >= 15 is 0 Å². The van der Waals surface area contributed by atoms with Crippen molar-refractivity contribution in [2.24, 2.45) is 0 Å². The van der Waals surface area contributed by atoms with Crippen molar-refractivity contribution in [1.29, 1.82) is 0 Å². The van der Waals surface area contributed by atoms with Crippen LogP contribution < -0.4 is 4.74 Å². The normalized spacial score (nSPS) is 10.8. The van der Waals surface area contributed by atoms with Crippen LogP contribution in [0.3, 0.4) is 0 Å². The minimum atomic E-state index is -0.336. The Hall–Kier alpha value is -1.88. The first kappa shape index (κ1) is 12.6. The SMILES string of the molecule is COc1ccc(S/C=C/c2ncccc2F)nc1. The third-order valence-corrected chi connectivity index (χ3v) is 2.90. The quantitative estimate of drug-likeness (QED) is 0.791. The standard InChI is InChI=1S/C13H11FN2OS/c1-17-10-4-5-13(16-9-10)18-8-6-12-11(14)3-2-7-15-12/h2-9H,1H3/b8-6+. The Labute approximate surface area is 109 Å². The van der Waals surface area contributed by atoms with Crippen molar-refractivity contribution in [2.75, 3.05) is 7.11 Å². The number of aromatic nitrogens is 2. The van der Waals surface area contributed by atoms with E-state index in [1.165, 1.54) is 17.8 Å². The number of hydrogen-bond acceptors (Lipinski definition) is 4. The highest BCUT2D eigenvalue weighted by molar-refractivity contribution is 8.02. The highest BCUT2D eigenvalue weighted by Crippen LogP contribution is 2.20. The lowest BCUT2D eigenvalue weighted by atomic mass is 10.3. The molecule has 2 aromatic rings. The molecule has 0 aliphatic rings. The summed E-state index contributed by atoms with van der Waals surface area (Å²) in [5.74, 6) is 0.371. The molecule has 18 heavy (non-hydrogen) atoms. The zero-order chi connectivity index (χ0) is 12.8. The second kappa shape index (κ2) is 6.16. The lowest BCUT2D eigenvalue weighted by Crippen LogP contribution is -1.85. The summed E-state index contributed by atoms with van der Waals surface area (Å²) in [6.07, 6.45) is 4.81. The van der Waals surface area contributed by atoms with Crippen LogP contribution >= 0.6 is 11.8 Å². The average molecular weight is 262 g/mol. The lowest BCUT2D eigenvalue weighted by molar-refractivity contribution is 0.412. The van der Waals surface area contributed by atoms with E-state index < -0.39 is 0 Å². The van der Waals surface area contributed by atoms with Crippen LogP contribution in [0.5, 0.6) is 5.75 Å². The molecule has 5 heteroatoms. The number of pyridine rings is 2. The molecule has 3 nitrogen and oxygen atoms in total. The van der Waals surface area contributed by atoms with E-state index in [1.807, 2.05) is 12.1 Å². The number of thioether (sulfide) groups is 1. The molecule has 0 bridgehead atoms. The van der Waals surface area contributed by atoms with Crippen LogP contribution in [-0.4, -0.2) is 17.1 Å². The van der Waals surface area contributed by atoms with Gasteiger partial charge in [0.2, 0.25) is 0 Å². The molecule has 0 spiro atoms. The van der Waals surface area contributed by atoms with Gasteiger partial charge in [-0.15, -0.1) is 0 Å². The van der Waals surface area contributed by atoms with Gasteiger partial charge in [0.05, 0.1) is 19.0 Å². The smallest absolute Gasteiger partial charge is 0.148 e. The molecule has 0 saturated heterocycles. The molecular weight excluding hydrogens is 251 g/mol. The van der Waals surface area contributed by atoms with Crippen molar-refractivity contribution in [3.63, 3.8) is 0 Å². The predicted octanol–water partition coefficient (Wildman–Crippen LogP) is 3.39. The first-order chi connectivity index (χ1) is 8.79. The fraction of sp³-hybridized carbons (Fsp3) is 0.0769. The molecule has 0 radical (unpaired) electrons. The average Bonchev–Trinajstić information content (AvgIpc) is 2.42. The van der Waals surface area contributed by atoms with Crippen molar-refractivity contribution >= 4 is 17.8 Å². The number of halogens is 1. The van der Waals surface area contributed by atoms with Gasteiger partial charge in [-0.3, -0.25) is 4.98 Å². The van der Waals surface area contributed by atoms with Gasteiger partial charge in [-0.05, 0) is 35.7 Å². The summed E-state index contributed by atoms with van der Waals surface area (Å²) in [6.45, 7) is 0. The zero-order valence-electron chi connectivity index (χ0n) is 9.71. The number of hydrogen-bond donors (Lipinski definition) is 0. The summed E-state index contributed by atoms with van der Waals surface area (Å²) in [5, 5.41) is 2.56. The van der Waals surface area contributed by atoms with Crippen LogP contribution in [0.2, 0.25) is 0 Å². The summed E-state index contributed by atoms with van der Waals surface area (Å²) in [7, 11) is 1.59. The Kier molecular flexibility index (Phi) is 4.30. The predicted molar refractivity (Wildman–Crippen MR) is 69.9 cm³/mol. The van der Waals surface area contributed by atoms with Gasteiger partial charge >= 0.3 is 0 Å². The number of ether oxygens (including phenoxy) is 1. The van der Waals surface area contributed by atoms with Gasteiger partial charge in [0.15, 0.2) is 0 Å². The topological polar surface area (TPSA) is 35.0 Å². The summed E-state index contributed by atoms with van der Waals surface area (Å²) in [4.78, 5) is 8.10. The summed E-state index contributed by atoms with van der Waals surface area (Å²) >= 11 is 1.39. The maximum Gasteiger partial charge on any atom is 0.148 e. The van der Waals surface area contributed by atoms with Crippen molar-refractivity contribution in [2.45, 2.75) is 5.03 Å². The zero-order valence-corrected chi connectivity index (χ0v) is 10.5.